The minimum absolute atomic E-state index is 0.127. The molecule has 102 valence electrons. The van der Waals surface area contributed by atoms with Gasteiger partial charge in [-0.2, -0.15) is 0 Å². The van der Waals surface area contributed by atoms with Gasteiger partial charge in [-0.3, -0.25) is 4.79 Å². The lowest BCUT2D eigenvalue weighted by molar-refractivity contribution is -0.116. The average molecular weight is 287 g/mol. The van der Waals surface area contributed by atoms with E-state index in [1.165, 1.54) is 11.3 Å². The molecule has 3 aromatic rings. The Hall–Kier alpha value is -2.41. The third kappa shape index (κ3) is 2.48. The van der Waals surface area contributed by atoms with Crippen molar-refractivity contribution >= 4 is 38.3 Å². The maximum absolute atomic E-state index is 12.0. The van der Waals surface area contributed by atoms with Gasteiger partial charge in [0.05, 0.1) is 10.2 Å². The van der Waals surface area contributed by atoms with Gasteiger partial charge in [0.1, 0.15) is 12.4 Å². The Bertz CT molecular complexity index is 776. The summed E-state index contributed by atoms with van der Waals surface area (Å²) in [6.07, 6.45) is 3.44. The Labute approximate surface area is 119 Å². The maximum atomic E-state index is 12.0. The molecule has 20 heavy (non-hydrogen) atoms. The van der Waals surface area contributed by atoms with E-state index in [1.54, 1.807) is 23.0 Å². The van der Waals surface area contributed by atoms with Gasteiger partial charge in [0, 0.05) is 18.1 Å². The van der Waals surface area contributed by atoms with Gasteiger partial charge in [0.25, 0.3) is 0 Å². The molecular formula is C13H13N5OS. The van der Waals surface area contributed by atoms with E-state index in [1.807, 2.05) is 19.1 Å². The van der Waals surface area contributed by atoms with E-state index in [-0.39, 0.29) is 12.5 Å². The molecule has 0 aliphatic carbocycles. The molecule has 0 bridgehead atoms. The number of aromatic nitrogens is 3. The molecule has 0 saturated carbocycles. The summed E-state index contributed by atoms with van der Waals surface area (Å²) in [5.41, 5.74) is 7.24. The number of aryl methyl sites for hydroxylation is 1. The molecule has 0 aliphatic rings. The number of rotatable bonds is 3. The lowest BCUT2D eigenvalue weighted by Gasteiger charge is -2.04. The minimum Gasteiger partial charge on any atom is -0.399 e. The standard InChI is InChI=1S/C13H13N5OS/c1-8-15-4-5-18(8)7-12(19)17-13-16-10-3-2-9(14)6-11(10)20-13/h2-6H,7,14H2,1H3,(H,16,17,19). The highest BCUT2D eigenvalue weighted by molar-refractivity contribution is 7.22. The SMILES string of the molecule is Cc1nccn1CC(=O)Nc1nc2ccc(N)cc2s1. The van der Waals surface area contributed by atoms with Crippen LogP contribution in [0.1, 0.15) is 5.82 Å². The molecule has 0 fully saturated rings. The Kier molecular flexibility index (Phi) is 3.11. The molecule has 3 rings (SSSR count). The molecule has 0 radical (unpaired) electrons. The molecule has 6 nitrogen and oxygen atoms in total. The zero-order valence-electron chi connectivity index (χ0n) is 10.8. The van der Waals surface area contributed by atoms with E-state index >= 15 is 0 Å². The molecule has 0 atom stereocenters. The highest BCUT2D eigenvalue weighted by atomic mass is 32.1. The number of hydrogen-bond donors (Lipinski definition) is 2. The number of nitrogens with one attached hydrogen (secondary N) is 1. The van der Waals surface area contributed by atoms with Crippen molar-refractivity contribution in [1.29, 1.82) is 0 Å². The van der Waals surface area contributed by atoms with E-state index < -0.39 is 0 Å². The molecule has 0 spiro atoms. The van der Waals surface area contributed by atoms with Gasteiger partial charge in [0.2, 0.25) is 5.91 Å². The highest BCUT2D eigenvalue weighted by Crippen LogP contribution is 2.27. The fourth-order valence-corrected chi connectivity index (χ4v) is 2.81. The Balaban J connectivity index is 1.75. The van der Waals surface area contributed by atoms with Gasteiger partial charge >= 0.3 is 0 Å². The van der Waals surface area contributed by atoms with Crippen LogP contribution in [0.15, 0.2) is 30.6 Å². The number of amides is 1. The largest absolute Gasteiger partial charge is 0.399 e. The molecule has 0 saturated heterocycles. The molecule has 1 amide bonds. The van der Waals surface area contributed by atoms with Crippen LogP contribution >= 0.6 is 11.3 Å². The van der Waals surface area contributed by atoms with Crippen LogP contribution in [0.2, 0.25) is 0 Å². The van der Waals surface area contributed by atoms with E-state index in [9.17, 15) is 4.79 Å². The number of nitrogens with two attached hydrogens (primary N) is 1. The fourth-order valence-electron chi connectivity index (χ4n) is 1.88. The molecule has 0 unspecified atom stereocenters. The number of carbonyl (C=O) groups is 1. The zero-order valence-corrected chi connectivity index (χ0v) is 11.6. The Morgan fingerprint density at radius 1 is 1.50 bits per heavy atom. The molecule has 2 aromatic heterocycles. The van der Waals surface area contributed by atoms with Crippen LogP contribution in [0.25, 0.3) is 10.2 Å². The van der Waals surface area contributed by atoms with Gasteiger partial charge in [-0.15, -0.1) is 0 Å². The number of imidazole rings is 1. The first kappa shape index (κ1) is 12.6. The van der Waals surface area contributed by atoms with Crippen LogP contribution in [0.5, 0.6) is 0 Å². The number of anilines is 2. The van der Waals surface area contributed by atoms with Gasteiger partial charge in [-0.25, -0.2) is 9.97 Å². The number of carbonyl (C=O) groups excluding carboxylic acids is 1. The third-order valence-corrected chi connectivity index (χ3v) is 3.83. The predicted octanol–water partition coefficient (Wildman–Crippen LogP) is 2.02. The first-order valence-corrected chi connectivity index (χ1v) is 6.87. The number of hydrogen-bond acceptors (Lipinski definition) is 5. The maximum Gasteiger partial charge on any atom is 0.246 e. The van der Waals surface area contributed by atoms with Gasteiger partial charge in [0.15, 0.2) is 5.13 Å². The van der Waals surface area contributed by atoms with Gasteiger partial charge < -0.3 is 15.6 Å². The molecule has 1 aromatic carbocycles. The second-order valence-corrected chi connectivity index (χ2v) is 5.43. The summed E-state index contributed by atoms with van der Waals surface area (Å²) in [6.45, 7) is 2.08. The van der Waals surface area contributed by atoms with Crippen LogP contribution in [0.3, 0.4) is 0 Å². The molecule has 7 heteroatoms. The van der Waals surface area contributed by atoms with E-state index in [0.29, 0.717) is 10.8 Å². The first-order chi connectivity index (χ1) is 9.61. The summed E-state index contributed by atoms with van der Waals surface area (Å²) < 4.78 is 2.74. The zero-order chi connectivity index (χ0) is 14.1. The molecule has 0 aliphatic heterocycles. The third-order valence-electron chi connectivity index (χ3n) is 2.90. The van der Waals surface area contributed by atoms with E-state index in [0.717, 1.165) is 16.0 Å². The van der Waals surface area contributed by atoms with Crippen LogP contribution in [0, 0.1) is 6.92 Å². The lowest BCUT2D eigenvalue weighted by atomic mass is 10.3. The van der Waals surface area contributed by atoms with E-state index in [4.69, 9.17) is 5.73 Å². The van der Waals surface area contributed by atoms with Crippen LogP contribution in [0.4, 0.5) is 10.8 Å². The predicted molar refractivity (Wildman–Crippen MR) is 79.6 cm³/mol. The van der Waals surface area contributed by atoms with Crippen molar-refractivity contribution in [3.05, 3.63) is 36.4 Å². The minimum atomic E-state index is -0.127. The molecule has 3 N–H and O–H groups in total. The highest BCUT2D eigenvalue weighted by Gasteiger charge is 2.09. The van der Waals surface area contributed by atoms with Gasteiger partial charge in [-0.05, 0) is 25.1 Å². The normalized spacial score (nSPS) is 10.8. The second kappa shape index (κ2) is 4.93. The van der Waals surface area contributed by atoms with E-state index in [2.05, 4.69) is 15.3 Å². The number of benzene rings is 1. The molecular weight excluding hydrogens is 274 g/mol. The summed E-state index contributed by atoms with van der Waals surface area (Å²) >= 11 is 1.41. The topological polar surface area (TPSA) is 85.8 Å². The van der Waals surface area contributed by atoms with Crippen molar-refractivity contribution in [2.24, 2.45) is 0 Å². The van der Waals surface area contributed by atoms with Gasteiger partial charge in [-0.1, -0.05) is 11.3 Å². The van der Waals surface area contributed by atoms with Crippen LogP contribution in [-0.2, 0) is 11.3 Å². The quantitative estimate of drug-likeness (QED) is 0.722. The van der Waals surface area contributed by atoms with Crippen molar-refractivity contribution in [2.75, 3.05) is 11.1 Å². The summed E-state index contributed by atoms with van der Waals surface area (Å²) in [4.78, 5) is 20.4. The summed E-state index contributed by atoms with van der Waals surface area (Å²) in [6, 6.07) is 5.49. The van der Waals surface area contributed by atoms with Crippen molar-refractivity contribution in [3.8, 4) is 0 Å². The van der Waals surface area contributed by atoms with Crippen molar-refractivity contribution in [1.82, 2.24) is 14.5 Å². The average Bonchev–Trinajstić information content (AvgIpc) is 2.95. The Morgan fingerprint density at radius 2 is 2.35 bits per heavy atom. The summed E-state index contributed by atoms with van der Waals surface area (Å²) in [5, 5.41) is 3.37. The van der Waals surface area contributed by atoms with Crippen molar-refractivity contribution in [2.45, 2.75) is 13.5 Å². The smallest absolute Gasteiger partial charge is 0.246 e. The van der Waals surface area contributed by atoms with Crippen molar-refractivity contribution < 1.29 is 4.79 Å². The molecule has 2 heterocycles. The first-order valence-electron chi connectivity index (χ1n) is 6.05. The number of fused-ring (bicyclic) bond motifs is 1. The fraction of sp³-hybridized carbons (Fsp3) is 0.154. The monoisotopic (exact) mass is 287 g/mol. The Morgan fingerprint density at radius 3 is 3.10 bits per heavy atom. The number of nitrogen functional groups attached to an aromatic ring is 1. The van der Waals surface area contributed by atoms with Crippen molar-refractivity contribution in [3.63, 3.8) is 0 Å². The second-order valence-electron chi connectivity index (χ2n) is 4.40. The van der Waals surface area contributed by atoms with Crippen LogP contribution in [-0.4, -0.2) is 20.4 Å². The number of thiazole rings is 1. The lowest BCUT2D eigenvalue weighted by Crippen LogP contribution is -2.18. The van der Waals surface area contributed by atoms with Crippen LogP contribution < -0.4 is 11.1 Å². The number of nitrogens with zero attached hydrogens (tertiary/aromatic N) is 3. The summed E-state index contributed by atoms with van der Waals surface area (Å²) in [5.74, 6) is 0.676. The summed E-state index contributed by atoms with van der Waals surface area (Å²) in [7, 11) is 0.